The maximum Gasteiger partial charge on any atom is 0.236 e. The van der Waals surface area contributed by atoms with E-state index >= 15 is 0 Å². The maximum atomic E-state index is 11.7. The highest BCUT2D eigenvalue weighted by molar-refractivity contribution is 5.77. The standard InChI is InChI=1S/C14H19N5O/c1-3-19(2)13(20)10-16-8-12-9-17-18-14(12)11-5-4-6-15-7-11/h4-7,9,16H,3,8,10H2,1-2H3,(H,17,18). The molecule has 1 amide bonds. The smallest absolute Gasteiger partial charge is 0.236 e. The van der Waals surface area contributed by atoms with E-state index in [0.29, 0.717) is 19.6 Å². The fourth-order valence-electron chi connectivity index (χ4n) is 1.82. The first kappa shape index (κ1) is 14.2. The summed E-state index contributed by atoms with van der Waals surface area (Å²) in [6.45, 7) is 3.58. The van der Waals surface area contributed by atoms with Gasteiger partial charge in [0.1, 0.15) is 0 Å². The monoisotopic (exact) mass is 273 g/mol. The number of likely N-dealkylation sites (N-methyl/N-ethyl adjacent to an activating group) is 1. The van der Waals surface area contributed by atoms with Crippen molar-refractivity contribution in [2.24, 2.45) is 0 Å². The molecule has 0 unspecified atom stereocenters. The molecular weight excluding hydrogens is 254 g/mol. The Balaban J connectivity index is 1.95. The fourth-order valence-corrected chi connectivity index (χ4v) is 1.82. The zero-order chi connectivity index (χ0) is 14.4. The second-order valence-electron chi connectivity index (χ2n) is 4.52. The quantitative estimate of drug-likeness (QED) is 0.824. The molecule has 0 radical (unpaired) electrons. The van der Waals surface area contributed by atoms with Gasteiger partial charge in [-0.2, -0.15) is 5.10 Å². The molecule has 20 heavy (non-hydrogen) atoms. The minimum atomic E-state index is 0.0823. The van der Waals surface area contributed by atoms with Gasteiger partial charge in [0.15, 0.2) is 0 Å². The molecule has 2 aromatic rings. The Hall–Kier alpha value is -2.21. The van der Waals surface area contributed by atoms with Crippen molar-refractivity contribution >= 4 is 5.91 Å². The van der Waals surface area contributed by atoms with Gasteiger partial charge in [-0.25, -0.2) is 0 Å². The van der Waals surface area contributed by atoms with Crippen molar-refractivity contribution < 1.29 is 4.79 Å². The molecule has 0 fully saturated rings. The Kier molecular flexibility index (Phi) is 4.84. The number of aromatic amines is 1. The van der Waals surface area contributed by atoms with Gasteiger partial charge in [0.2, 0.25) is 5.91 Å². The topological polar surface area (TPSA) is 73.9 Å². The van der Waals surface area contributed by atoms with Crippen molar-refractivity contribution in [3.8, 4) is 11.3 Å². The van der Waals surface area contributed by atoms with Gasteiger partial charge < -0.3 is 10.2 Å². The van der Waals surface area contributed by atoms with Gasteiger partial charge in [-0.15, -0.1) is 0 Å². The maximum absolute atomic E-state index is 11.7. The first-order chi connectivity index (χ1) is 9.72. The van der Waals surface area contributed by atoms with E-state index in [-0.39, 0.29) is 5.91 Å². The van der Waals surface area contributed by atoms with Crippen molar-refractivity contribution in [2.75, 3.05) is 20.1 Å². The van der Waals surface area contributed by atoms with Gasteiger partial charge in [-0.1, -0.05) is 0 Å². The van der Waals surface area contributed by atoms with Gasteiger partial charge in [0.25, 0.3) is 0 Å². The van der Waals surface area contributed by atoms with Crippen molar-refractivity contribution in [1.29, 1.82) is 0 Å². The van der Waals surface area contributed by atoms with E-state index < -0.39 is 0 Å². The highest BCUT2D eigenvalue weighted by Crippen LogP contribution is 2.19. The molecule has 0 aliphatic heterocycles. The van der Waals surface area contributed by atoms with Crippen LogP contribution < -0.4 is 5.32 Å². The van der Waals surface area contributed by atoms with E-state index in [2.05, 4.69) is 20.5 Å². The lowest BCUT2D eigenvalue weighted by atomic mass is 10.1. The lowest BCUT2D eigenvalue weighted by molar-refractivity contribution is -0.128. The average molecular weight is 273 g/mol. The number of aromatic nitrogens is 3. The van der Waals surface area contributed by atoms with Crippen molar-refractivity contribution in [1.82, 2.24) is 25.4 Å². The van der Waals surface area contributed by atoms with Crippen LogP contribution in [-0.4, -0.2) is 46.1 Å². The Morgan fingerprint density at radius 1 is 1.45 bits per heavy atom. The minimum absolute atomic E-state index is 0.0823. The Labute approximate surface area is 118 Å². The van der Waals surface area contributed by atoms with Gasteiger partial charge in [-0.3, -0.25) is 14.9 Å². The van der Waals surface area contributed by atoms with Crippen molar-refractivity contribution in [3.05, 3.63) is 36.3 Å². The third-order valence-corrected chi connectivity index (χ3v) is 3.16. The van der Waals surface area contributed by atoms with E-state index in [4.69, 9.17) is 0 Å². The molecule has 0 aliphatic rings. The van der Waals surface area contributed by atoms with Gasteiger partial charge in [-0.05, 0) is 19.1 Å². The zero-order valence-electron chi connectivity index (χ0n) is 11.8. The molecule has 2 aromatic heterocycles. The molecule has 0 bridgehead atoms. The highest BCUT2D eigenvalue weighted by Gasteiger charge is 2.09. The number of H-pyrrole nitrogens is 1. The molecule has 0 atom stereocenters. The van der Waals surface area contributed by atoms with E-state index in [1.165, 1.54) is 0 Å². The average Bonchev–Trinajstić information content (AvgIpc) is 2.95. The lowest BCUT2D eigenvalue weighted by Crippen LogP contribution is -2.35. The summed E-state index contributed by atoms with van der Waals surface area (Å²) < 4.78 is 0. The summed E-state index contributed by atoms with van der Waals surface area (Å²) in [6.07, 6.45) is 5.29. The number of hydrogen-bond acceptors (Lipinski definition) is 4. The highest BCUT2D eigenvalue weighted by atomic mass is 16.2. The molecule has 0 saturated carbocycles. The molecule has 0 aromatic carbocycles. The predicted octanol–water partition coefficient (Wildman–Crippen LogP) is 1.04. The van der Waals surface area contributed by atoms with Crippen LogP contribution >= 0.6 is 0 Å². The van der Waals surface area contributed by atoms with Crippen LogP contribution in [0.25, 0.3) is 11.3 Å². The molecule has 2 heterocycles. The van der Waals surface area contributed by atoms with Gasteiger partial charge in [0, 0.05) is 43.7 Å². The van der Waals surface area contributed by atoms with Crippen molar-refractivity contribution in [3.63, 3.8) is 0 Å². The zero-order valence-corrected chi connectivity index (χ0v) is 11.8. The summed E-state index contributed by atoms with van der Waals surface area (Å²) in [5.74, 6) is 0.0823. The molecule has 6 heteroatoms. The van der Waals surface area contributed by atoms with Crippen LogP contribution in [0.2, 0.25) is 0 Å². The van der Waals surface area contributed by atoms with Crippen LogP contribution in [0.4, 0.5) is 0 Å². The number of amides is 1. The molecule has 0 spiro atoms. The third kappa shape index (κ3) is 3.42. The third-order valence-electron chi connectivity index (χ3n) is 3.16. The van der Waals surface area contributed by atoms with Gasteiger partial charge >= 0.3 is 0 Å². The van der Waals surface area contributed by atoms with E-state index in [1.807, 2.05) is 19.1 Å². The number of carbonyl (C=O) groups excluding carboxylic acids is 1. The Morgan fingerprint density at radius 2 is 2.30 bits per heavy atom. The van der Waals surface area contributed by atoms with Crippen LogP contribution in [-0.2, 0) is 11.3 Å². The number of carbonyl (C=O) groups is 1. The normalized spacial score (nSPS) is 10.5. The van der Waals surface area contributed by atoms with Crippen LogP contribution in [0.3, 0.4) is 0 Å². The summed E-state index contributed by atoms with van der Waals surface area (Å²) in [4.78, 5) is 17.5. The van der Waals surface area contributed by atoms with Crippen LogP contribution in [0.1, 0.15) is 12.5 Å². The van der Waals surface area contributed by atoms with Crippen LogP contribution in [0.15, 0.2) is 30.7 Å². The number of nitrogens with one attached hydrogen (secondary N) is 2. The summed E-state index contributed by atoms with van der Waals surface area (Å²) >= 11 is 0. The molecule has 6 nitrogen and oxygen atoms in total. The summed E-state index contributed by atoms with van der Waals surface area (Å²) in [7, 11) is 1.79. The molecule has 2 rings (SSSR count). The second-order valence-corrected chi connectivity index (χ2v) is 4.52. The molecule has 0 aliphatic carbocycles. The summed E-state index contributed by atoms with van der Waals surface area (Å²) in [6, 6.07) is 3.85. The van der Waals surface area contributed by atoms with Crippen LogP contribution in [0, 0.1) is 0 Å². The first-order valence-corrected chi connectivity index (χ1v) is 6.59. The van der Waals surface area contributed by atoms with E-state index in [9.17, 15) is 4.79 Å². The lowest BCUT2D eigenvalue weighted by Gasteiger charge is -2.14. The summed E-state index contributed by atoms with van der Waals surface area (Å²) in [5, 5.41) is 10.2. The van der Waals surface area contributed by atoms with Gasteiger partial charge in [0.05, 0.1) is 18.4 Å². The number of rotatable bonds is 6. The molecule has 2 N–H and O–H groups in total. The first-order valence-electron chi connectivity index (χ1n) is 6.59. The second kappa shape index (κ2) is 6.81. The van der Waals surface area contributed by atoms with Crippen molar-refractivity contribution in [2.45, 2.75) is 13.5 Å². The van der Waals surface area contributed by atoms with E-state index in [1.54, 1.807) is 30.5 Å². The summed E-state index contributed by atoms with van der Waals surface area (Å²) in [5.41, 5.74) is 2.94. The Bertz CT molecular complexity index is 552. The Morgan fingerprint density at radius 3 is 3.00 bits per heavy atom. The fraction of sp³-hybridized carbons (Fsp3) is 0.357. The minimum Gasteiger partial charge on any atom is -0.345 e. The SMILES string of the molecule is CCN(C)C(=O)CNCc1cn[nH]c1-c1cccnc1. The van der Waals surface area contributed by atoms with E-state index in [0.717, 1.165) is 16.8 Å². The van der Waals surface area contributed by atoms with Crippen LogP contribution in [0.5, 0.6) is 0 Å². The molecule has 106 valence electrons. The number of pyridine rings is 1. The predicted molar refractivity (Wildman–Crippen MR) is 76.8 cm³/mol. The molecular formula is C14H19N5O. The number of hydrogen-bond donors (Lipinski definition) is 2. The molecule has 0 saturated heterocycles. The number of nitrogens with zero attached hydrogens (tertiary/aromatic N) is 3. The largest absolute Gasteiger partial charge is 0.345 e.